The van der Waals surface area contributed by atoms with Crippen LogP contribution in [0.4, 0.5) is 0 Å². The summed E-state index contributed by atoms with van der Waals surface area (Å²) in [6.45, 7) is 2.52. The molecule has 1 atom stereocenters. The molecular weight excluding hydrogens is 306 g/mol. The highest BCUT2D eigenvalue weighted by molar-refractivity contribution is 8.15. The Hall–Kier alpha value is -2.35. The zero-order chi connectivity index (χ0) is 15.9. The number of ether oxygens (including phenoxy) is 1. The first kappa shape index (κ1) is 16.0. The second-order valence-corrected chi connectivity index (χ2v) is 5.54. The Morgan fingerprint density at radius 3 is 2.82 bits per heavy atom. The Kier molecular flexibility index (Phi) is 5.54. The largest absolute Gasteiger partial charge is 0.494 e. The predicted octanol–water partition coefficient (Wildman–Crippen LogP) is 1.48. The molecule has 0 saturated carbocycles. The van der Waals surface area contributed by atoms with Crippen LogP contribution in [0, 0.1) is 0 Å². The van der Waals surface area contributed by atoms with Crippen molar-refractivity contribution in [3.05, 3.63) is 29.8 Å². The van der Waals surface area contributed by atoms with Crippen molar-refractivity contribution >= 4 is 35.0 Å². The van der Waals surface area contributed by atoms with Gasteiger partial charge in [0.1, 0.15) is 11.0 Å². The molecule has 0 unspecified atom stereocenters. The lowest BCUT2D eigenvalue weighted by Gasteiger charge is -2.01. The van der Waals surface area contributed by atoms with Crippen LogP contribution in [0.15, 0.2) is 34.5 Å². The number of hydrogen-bond donors (Lipinski definition) is 2. The van der Waals surface area contributed by atoms with E-state index in [9.17, 15) is 9.59 Å². The first-order valence-electron chi connectivity index (χ1n) is 6.61. The Morgan fingerprint density at radius 1 is 1.45 bits per heavy atom. The lowest BCUT2D eigenvalue weighted by Crippen LogP contribution is -2.26. The molecule has 8 heteroatoms. The Morgan fingerprint density at radius 2 is 2.18 bits per heavy atom. The third-order valence-electron chi connectivity index (χ3n) is 2.68. The molecule has 7 nitrogen and oxygen atoms in total. The van der Waals surface area contributed by atoms with E-state index in [0.29, 0.717) is 11.8 Å². The summed E-state index contributed by atoms with van der Waals surface area (Å²) in [6, 6.07) is 7.32. The Balaban J connectivity index is 1.94. The van der Waals surface area contributed by atoms with Gasteiger partial charge in [-0.05, 0) is 36.8 Å². The molecule has 116 valence electrons. The van der Waals surface area contributed by atoms with Gasteiger partial charge in [0, 0.05) is 0 Å². The molecule has 0 spiro atoms. The summed E-state index contributed by atoms with van der Waals surface area (Å²) in [5.41, 5.74) is 0.837. The van der Waals surface area contributed by atoms with E-state index in [1.807, 2.05) is 31.2 Å². The number of carboxylic acid groups (broad SMARTS) is 1. The second-order valence-electron chi connectivity index (χ2n) is 4.35. The molecule has 0 aliphatic carbocycles. The number of benzene rings is 1. The number of hydrogen-bond acceptors (Lipinski definition) is 6. The Labute approximate surface area is 131 Å². The van der Waals surface area contributed by atoms with Crippen molar-refractivity contribution in [2.75, 3.05) is 6.61 Å². The number of carbonyl (C=O) groups excluding carboxylic acids is 1. The summed E-state index contributed by atoms with van der Waals surface area (Å²) >= 11 is 1.07. The fourth-order valence-corrected chi connectivity index (χ4v) is 2.63. The molecule has 1 aromatic carbocycles. The van der Waals surface area contributed by atoms with Crippen LogP contribution in [-0.4, -0.2) is 40.2 Å². The minimum Gasteiger partial charge on any atom is -0.494 e. The molecule has 1 amide bonds. The van der Waals surface area contributed by atoms with Crippen LogP contribution in [0.1, 0.15) is 18.9 Å². The summed E-state index contributed by atoms with van der Waals surface area (Å²) in [5, 5.41) is 18.6. The van der Waals surface area contributed by atoms with Crippen LogP contribution in [0.25, 0.3) is 0 Å². The molecule has 1 aliphatic rings. The van der Waals surface area contributed by atoms with E-state index < -0.39 is 11.2 Å². The van der Waals surface area contributed by atoms with Gasteiger partial charge in [-0.3, -0.25) is 9.59 Å². The molecule has 0 bridgehead atoms. The highest BCUT2D eigenvalue weighted by atomic mass is 32.2. The fourth-order valence-electron chi connectivity index (χ4n) is 1.71. The van der Waals surface area contributed by atoms with E-state index in [1.165, 1.54) is 0 Å². The molecule has 0 radical (unpaired) electrons. The van der Waals surface area contributed by atoms with Gasteiger partial charge in [-0.2, -0.15) is 5.10 Å². The van der Waals surface area contributed by atoms with Crippen molar-refractivity contribution in [1.29, 1.82) is 0 Å². The summed E-state index contributed by atoms with van der Waals surface area (Å²) in [4.78, 5) is 22.1. The normalized spacial score (nSPS) is 19.6. The van der Waals surface area contributed by atoms with Crippen LogP contribution in [0.5, 0.6) is 5.75 Å². The maximum absolute atomic E-state index is 11.5. The average Bonchev–Trinajstić information content (AvgIpc) is 2.81. The minimum atomic E-state index is -1.02. The highest BCUT2D eigenvalue weighted by Gasteiger charge is 2.32. The molecule has 1 aliphatic heterocycles. The van der Waals surface area contributed by atoms with Gasteiger partial charge < -0.3 is 15.2 Å². The van der Waals surface area contributed by atoms with Crippen molar-refractivity contribution in [2.45, 2.75) is 18.6 Å². The van der Waals surface area contributed by atoms with Crippen LogP contribution in [0.3, 0.4) is 0 Å². The number of carbonyl (C=O) groups is 2. The van der Waals surface area contributed by atoms with Gasteiger partial charge in [0.2, 0.25) is 5.91 Å². The van der Waals surface area contributed by atoms with Crippen molar-refractivity contribution in [2.24, 2.45) is 10.2 Å². The number of carboxylic acids is 1. The number of amidine groups is 1. The molecule has 0 aromatic heterocycles. The second kappa shape index (κ2) is 7.60. The highest BCUT2D eigenvalue weighted by Crippen LogP contribution is 2.22. The number of thioether (sulfide) groups is 1. The van der Waals surface area contributed by atoms with Gasteiger partial charge >= 0.3 is 5.97 Å². The van der Waals surface area contributed by atoms with E-state index >= 15 is 0 Å². The van der Waals surface area contributed by atoms with Gasteiger partial charge in [-0.1, -0.05) is 11.8 Å². The first-order chi connectivity index (χ1) is 10.6. The molecule has 1 heterocycles. The molecule has 2 N–H and O–H groups in total. The fraction of sp³-hybridized carbons (Fsp3) is 0.286. The van der Waals surface area contributed by atoms with Crippen molar-refractivity contribution < 1.29 is 19.4 Å². The lowest BCUT2D eigenvalue weighted by molar-refractivity contribution is -0.138. The van der Waals surface area contributed by atoms with Crippen LogP contribution in [-0.2, 0) is 9.59 Å². The van der Waals surface area contributed by atoms with Crippen LogP contribution in [0.2, 0.25) is 0 Å². The van der Waals surface area contributed by atoms with Gasteiger partial charge in [-0.15, -0.1) is 5.10 Å². The number of amides is 1. The molecule has 2 rings (SSSR count). The number of aliphatic carboxylic acids is 1. The third-order valence-corrected chi connectivity index (χ3v) is 3.76. The topological polar surface area (TPSA) is 100 Å². The van der Waals surface area contributed by atoms with Gasteiger partial charge in [0.05, 0.1) is 19.2 Å². The summed E-state index contributed by atoms with van der Waals surface area (Å²) < 4.78 is 5.33. The summed E-state index contributed by atoms with van der Waals surface area (Å²) in [6.07, 6.45) is 1.30. The van der Waals surface area contributed by atoms with E-state index in [1.54, 1.807) is 6.21 Å². The summed E-state index contributed by atoms with van der Waals surface area (Å²) in [5.74, 6) is -0.602. The molecule has 22 heavy (non-hydrogen) atoms. The van der Waals surface area contributed by atoms with E-state index in [-0.39, 0.29) is 12.3 Å². The van der Waals surface area contributed by atoms with Crippen molar-refractivity contribution in [3.8, 4) is 5.75 Å². The van der Waals surface area contributed by atoms with E-state index in [0.717, 1.165) is 23.1 Å². The Bertz CT molecular complexity index is 613. The average molecular weight is 321 g/mol. The first-order valence-corrected chi connectivity index (χ1v) is 7.49. The zero-order valence-corrected chi connectivity index (χ0v) is 12.7. The molecule has 1 saturated heterocycles. The quantitative estimate of drug-likeness (QED) is 0.610. The van der Waals surface area contributed by atoms with Crippen LogP contribution >= 0.6 is 11.8 Å². The predicted molar refractivity (Wildman–Crippen MR) is 84.4 cm³/mol. The van der Waals surface area contributed by atoms with Gasteiger partial charge in [0.25, 0.3) is 0 Å². The van der Waals surface area contributed by atoms with Gasteiger partial charge in [0.15, 0.2) is 5.17 Å². The van der Waals surface area contributed by atoms with Gasteiger partial charge in [-0.25, -0.2) is 0 Å². The molecule has 1 aromatic rings. The zero-order valence-electron chi connectivity index (χ0n) is 11.9. The number of rotatable bonds is 6. The van der Waals surface area contributed by atoms with E-state index in [2.05, 4.69) is 15.5 Å². The third kappa shape index (κ3) is 4.59. The summed E-state index contributed by atoms with van der Waals surface area (Å²) in [7, 11) is 0. The lowest BCUT2D eigenvalue weighted by atomic mass is 10.2. The minimum absolute atomic E-state index is 0.238. The molecule has 1 fully saturated rings. The maximum Gasteiger partial charge on any atom is 0.305 e. The van der Waals surface area contributed by atoms with Crippen molar-refractivity contribution in [3.63, 3.8) is 0 Å². The monoisotopic (exact) mass is 321 g/mol. The maximum atomic E-state index is 11.5. The number of nitrogens with zero attached hydrogens (tertiary/aromatic N) is 2. The van der Waals surface area contributed by atoms with Crippen molar-refractivity contribution in [1.82, 2.24) is 5.32 Å². The number of nitrogens with one attached hydrogen (secondary N) is 1. The standard InChI is InChI=1S/C14H15N3O4S/c1-2-21-10-5-3-9(4-6-10)8-15-17-14-16-13(20)11(22-14)7-12(18)19/h3-6,8,11H,2,7H2,1H3,(H,18,19)(H,16,17,20)/b15-8+/t11-/m1/s1. The molecular formula is C14H15N3O4S. The van der Waals surface area contributed by atoms with E-state index in [4.69, 9.17) is 9.84 Å². The van der Waals surface area contributed by atoms with Crippen LogP contribution < -0.4 is 10.1 Å². The SMILES string of the molecule is CCOc1ccc(/C=N/N=C2\NC(=O)[C@@H](CC(=O)O)S2)cc1. The smallest absolute Gasteiger partial charge is 0.305 e.